The SMILES string of the molecule is CN[N+](C)(C)CCOC(C)=O. The summed E-state index contributed by atoms with van der Waals surface area (Å²) >= 11 is 0. The molecule has 0 atom stereocenters. The zero-order valence-corrected chi connectivity index (χ0v) is 7.68. The molecule has 0 aromatic carbocycles. The lowest BCUT2D eigenvalue weighted by Crippen LogP contribution is -2.51. The summed E-state index contributed by atoms with van der Waals surface area (Å²) in [5, 5.41) is 0. The van der Waals surface area contributed by atoms with Crippen LogP contribution in [0.25, 0.3) is 0 Å². The summed E-state index contributed by atoms with van der Waals surface area (Å²) < 4.78 is 5.43. The summed E-state index contributed by atoms with van der Waals surface area (Å²) in [6.45, 7) is 2.65. The number of carbonyl (C=O) groups excluding carboxylic acids is 1. The average molecular weight is 161 g/mol. The number of nitrogens with one attached hydrogen (secondary N) is 1. The standard InChI is InChI=1S/C7H17N2O2/c1-7(10)11-6-5-9(3,4)8-2/h8H,5-6H2,1-4H3/q+1. The van der Waals surface area contributed by atoms with E-state index < -0.39 is 0 Å². The Bertz CT molecular complexity index is 134. The molecule has 0 heterocycles. The maximum absolute atomic E-state index is 10.4. The van der Waals surface area contributed by atoms with Crippen LogP contribution in [-0.4, -0.2) is 44.9 Å². The fraction of sp³-hybridized carbons (Fsp3) is 0.857. The van der Waals surface area contributed by atoms with Crippen LogP contribution in [0.5, 0.6) is 0 Å². The van der Waals surface area contributed by atoms with E-state index in [1.165, 1.54) is 6.92 Å². The van der Waals surface area contributed by atoms with E-state index in [1.54, 1.807) is 0 Å². The van der Waals surface area contributed by atoms with Crippen molar-refractivity contribution in [2.45, 2.75) is 6.92 Å². The van der Waals surface area contributed by atoms with Crippen molar-refractivity contribution in [2.75, 3.05) is 34.3 Å². The van der Waals surface area contributed by atoms with E-state index in [9.17, 15) is 4.79 Å². The predicted octanol–water partition coefficient (Wildman–Crippen LogP) is -0.240. The molecule has 0 rings (SSSR count). The van der Waals surface area contributed by atoms with E-state index >= 15 is 0 Å². The molecule has 11 heavy (non-hydrogen) atoms. The molecular formula is C7H17N2O2+. The lowest BCUT2D eigenvalue weighted by atomic mass is 10.6. The second kappa shape index (κ2) is 4.31. The van der Waals surface area contributed by atoms with Crippen LogP contribution in [-0.2, 0) is 9.53 Å². The number of hydrogen-bond donors (Lipinski definition) is 1. The van der Waals surface area contributed by atoms with Crippen molar-refractivity contribution in [1.29, 1.82) is 0 Å². The quantitative estimate of drug-likeness (QED) is 0.351. The molecule has 0 saturated heterocycles. The number of carbonyl (C=O) groups is 1. The van der Waals surface area contributed by atoms with Gasteiger partial charge in [-0.2, -0.15) is 5.43 Å². The summed E-state index contributed by atoms with van der Waals surface area (Å²) in [4.78, 5) is 10.4. The molecule has 0 fully saturated rings. The average Bonchev–Trinajstić information content (AvgIpc) is 1.87. The molecule has 66 valence electrons. The molecule has 0 unspecified atom stereocenters. The zero-order valence-electron chi connectivity index (χ0n) is 7.68. The van der Waals surface area contributed by atoms with Crippen LogP contribution in [0, 0.1) is 0 Å². The minimum absolute atomic E-state index is 0.221. The Kier molecular flexibility index (Phi) is 4.07. The van der Waals surface area contributed by atoms with Gasteiger partial charge in [-0.25, -0.2) is 4.59 Å². The highest BCUT2D eigenvalue weighted by Gasteiger charge is 2.11. The number of rotatable bonds is 4. The number of esters is 1. The van der Waals surface area contributed by atoms with Crippen molar-refractivity contribution < 1.29 is 14.1 Å². The molecule has 0 aromatic rings. The fourth-order valence-electron chi connectivity index (χ4n) is 0.529. The highest BCUT2D eigenvalue weighted by Crippen LogP contribution is 1.88. The largest absolute Gasteiger partial charge is 0.460 e. The number of ether oxygens (including phenoxy) is 1. The second-order valence-corrected chi connectivity index (χ2v) is 2.97. The van der Waals surface area contributed by atoms with Crippen molar-refractivity contribution in [1.82, 2.24) is 5.43 Å². The van der Waals surface area contributed by atoms with Crippen LogP contribution in [0.3, 0.4) is 0 Å². The Hall–Kier alpha value is -0.610. The van der Waals surface area contributed by atoms with Gasteiger partial charge in [-0.05, 0) is 0 Å². The van der Waals surface area contributed by atoms with Crippen LogP contribution < -0.4 is 5.43 Å². The van der Waals surface area contributed by atoms with E-state index in [1.807, 2.05) is 21.1 Å². The highest BCUT2D eigenvalue weighted by molar-refractivity contribution is 5.65. The van der Waals surface area contributed by atoms with Crippen molar-refractivity contribution in [2.24, 2.45) is 0 Å². The summed E-state index contributed by atoms with van der Waals surface area (Å²) in [7, 11) is 5.88. The predicted molar refractivity (Wildman–Crippen MR) is 42.7 cm³/mol. The summed E-state index contributed by atoms with van der Waals surface area (Å²) in [6.07, 6.45) is 0. The Balaban J connectivity index is 3.45. The molecule has 0 aromatic heterocycles. The van der Waals surface area contributed by atoms with Gasteiger partial charge in [0.1, 0.15) is 13.2 Å². The van der Waals surface area contributed by atoms with E-state index in [0.717, 1.165) is 6.54 Å². The van der Waals surface area contributed by atoms with Crippen LogP contribution in [0.15, 0.2) is 0 Å². The Labute approximate surface area is 67.7 Å². The molecule has 0 aliphatic heterocycles. The van der Waals surface area contributed by atoms with Crippen molar-refractivity contribution >= 4 is 5.97 Å². The smallest absolute Gasteiger partial charge is 0.302 e. The molecule has 0 bridgehead atoms. The monoisotopic (exact) mass is 161 g/mol. The molecule has 4 heteroatoms. The maximum Gasteiger partial charge on any atom is 0.302 e. The van der Waals surface area contributed by atoms with Gasteiger partial charge in [-0.15, -0.1) is 0 Å². The molecule has 4 nitrogen and oxygen atoms in total. The minimum Gasteiger partial charge on any atom is -0.460 e. The Morgan fingerprint density at radius 3 is 2.45 bits per heavy atom. The van der Waals surface area contributed by atoms with Crippen LogP contribution in [0.1, 0.15) is 6.92 Å². The molecule has 0 saturated carbocycles. The van der Waals surface area contributed by atoms with Gasteiger partial charge < -0.3 is 4.74 Å². The van der Waals surface area contributed by atoms with Gasteiger partial charge in [-0.3, -0.25) is 4.79 Å². The summed E-state index contributed by atoms with van der Waals surface area (Å²) in [6, 6.07) is 0. The third kappa shape index (κ3) is 5.82. The maximum atomic E-state index is 10.4. The van der Waals surface area contributed by atoms with E-state index in [-0.39, 0.29) is 5.97 Å². The molecule has 0 radical (unpaired) electrons. The third-order valence-corrected chi connectivity index (χ3v) is 1.56. The lowest BCUT2D eigenvalue weighted by molar-refractivity contribution is -0.931. The van der Waals surface area contributed by atoms with Crippen LogP contribution >= 0.6 is 0 Å². The van der Waals surface area contributed by atoms with Crippen molar-refractivity contribution in [3.05, 3.63) is 0 Å². The van der Waals surface area contributed by atoms with Gasteiger partial charge in [0.2, 0.25) is 0 Å². The third-order valence-electron chi connectivity index (χ3n) is 1.56. The summed E-state index contributed by atoms with van der Waals surface area (Å²) in [5.41, 5.74) is 3.06. The minimum atomic E-state index is -0.221. The highest BCUT2D eigenvalue weighted by atomic mass is 16.5. The first-order valence-electron chi connectivity index (χ1n) is 3.63. The molecule has 0 aliphatic rings. The van der Waals surface area contributed by atoms with Crippen molar-refractivity contribution in [3.8, 4) is 0 Å². The number of likely N-dealkylation sites (N-methyl/N-ethyl adjacent to an activating group) is 1. The lowest BCUT2D eigenvalue weighted by Gasteiger charge is -2.26. The van der Waals surface area contributed by atoms with Gasteiger partial charge in [0, 0.05) is 14.0 Å². The number of quaternary nitrogens is 1. The summed E-state index contributed by atoms with van der Waals surface area (Å²) in [5.74, 6) is -0.221. The van der Waals surface area contributed by atoms with E-state index in [0.29, 0.717) is 11.2 Å². The molecule has 0 spiro atoms. The van der Waals surface area contributed by atoms with Crippen LogP contribution in [0.2, 0.25) is 0 Å². The number of nitrogens with zero attached hydrogens (tertiary/aromatic N) is 1. The fourth-order valence-corrected chi connectivity index (χ4v) is 0.529. The van der Waals surface area contributed by atoms with Gasteiger partial charge in [0.15, 0.2) is 0 Å². The molecule has 0 amide bonds. The molecule has 0 aliphatic carbocycles. The van der Waals surface area contributed by atoms with Crippen LogP contribution in [0.4, 0.5) is 0 Å². The van der Waals surface area contributed by atoms with Gasteiger partial charge in [0.05, 0.1) is 14.1 Å². The number of hydrogen-bond acceptors (Lipinski definition) is 3. The molecular weight excluding hydrogens is 144 g/mol. The topological polar surface area (TPSA) is 38.3 Å². The van der Waals surface area contributed by atoms with Gasteiger partial charge >= 0.3 is 5.97 Å². The first-order valence-corrected chi connectivity index (χ1v) is 3.63. The molecule has 1 N–H and O–H groups in total. The Morgan fingerprint density at radius 2 is 2.09 bits per heavy atom. The zero-order chi connectivity index (χ0) is 8.91. The van der Waals surface area contributed by atoms with Crippen molar-refractivity contribution in [3.63, 3.8) is 0 Å². The van der Waals surface area contributed by atoms with E-state index in [2.05, 4.69) is 5.43 Å². The second-order valence-electron chi connectivity index (χ2n) is 2.97. The first kappa shape index (κ1) is 10.4. The first-order chi connectivity index (χ1) is 4.98. The van der Waals surface area contributed by atoms with E-state index in [4.69, 9.17) is 4.74 Å². The normalized spacial score (nSPS) is 11.3. The van der Waals surface area contributed by atoms with Gasteiger partial charge in [-0.1, -0.05) is 0 Å². The van der Waals surface area contributed by atoms with Gasteiger partial charge in [0.25, 0.3) is 0 Å². The Morgan fingerprint density at radius 1 is 1.55 bits per heavy atom.